The first kappa shape index (κ1) is 12.1. The van der Waals surface area contributed by atoms with Crippen LogP contribution in [0.25, 0.3) is 0 Å². The number of benzene rings is 1. The SMILES string of the molecule is NC(=N[NH+]=Cc1ccccc1Cl)c1nonc1N. The molecule has 0 saturated carbocycles. The summed E-state index contributed by atoms with van der Waals surface area (Å²) in [7, 11) is 0. The fourth-order valence-electron chi connectivity index (χ4n) is 1.19. The van der Waals surface area contributed by atoms with Crippen molar-refractivity contribution in [2.24, 2.45) is 10.8 Å². The second-order valence-corrected chi connectivity index (χ2v) is 3.70. The second kappa shape index (κ2) is 5.28. The standard InChI is InChI=1S/C10H9ClN6O/c11-7-4-2-1-3-6(7)5-14-15-9(12)8-10(13)17-18-16-8/h1-5H,(H2,12,15)(H2,13,17)/p+1. The number of hydrogen-bond acceptors (Lipinski definition) is 5. The van der Waals surface area contributed by atoms with E-state index in [0.717, 1.165) is 5.56 Å². The largest absolute Gasteiger partial charge is 0.379 e. The first-order valence-corrected chi connectivity index (χ1v) is 5.31. The number of nitrogens with two attached hydrogens (primary N) is 2. The van der Waals surface area contributed by atoms with Crippen molar-refractivity contribution in [1.29, 1.82) is 0 Å². The predicted octanol–water partition coefficient (Wildman–Crippen LogP) is -0.875. The lowest BCUT2D eigenvalue weighted by Crippen LogP contribution is -2.63. The van der Waals surface area contributed by atoms with Gasteiger partial charge < -0.3 is 11.5 Å². The van der Waals surface area contributed by atoms with Crippen molar-refractivity contribution in [3.63, 3.8) is 0 Å². The molecule has 0 bridgehead atoms. The molecule has 2 aromatic rings. The highest BCUT2D eigenvalue weighted by Crippen LogP contribution is 2.11. The van der Waals surface area contributed by atoms with E-state index in [0.29, 0.717) is 5.02 Å². The van der Waals surface area contributed by atoms with Crippen LogP contribution >= 0.6 is 11.6 Å². The van der Waals surface area contributed by atoms with E-state index < -0.39 is 0 Å². The first-order valence-electron chi connectivity index (χ1n) is 4.93. The normalized spacial score (nSPS) is 12.2. The summed E-state index contributed by atoms with van der Waals surface area (Å²) in [5, 5.41) is 14.0. The number of anilines is 1. The van der Waals surface area contributed by atoms with Crippen LogP contribution in [0, 0.1) is 0 Å². The highest BCUT2D eigenvalue weighted by atomic mass is 35.5. The van der Waals surface area contributed by atoms with Gasteiger partial charge in [-0.05, 0) is 22.4 Å². The Morgan fingerprint density at radius 2 is 2.17 bits per heavy atom. The molecule has 0 saturated heterocycles. The molecule has 1 heterocycles. The van der Waals surface area contributed by atoms with E-state index in [4.69, 9.17) is 23.1 Å². The van der Waals surface area contributed by atoms with Crippen LogP contribution in [-0.4, -0.2) is 22.4 Å². The van der Waals surface area contributed by atoms with Crippen molar-refractivity contribution >= 4 is 29.5 Å². The number of aromatic nitrogens is 2. The molecular weight excluding hydrogens is 256 g/mol. The van der Waals surface area contributed by atoms with Crippen LogP contribution in [0.5, 0.6) is 0 Å². The van der Waals surface area contributed by atoms with Gasteiger partial charge in [-0.2, -0.15) is 0 Å². The van der Waals surface area contributed by atoms with E-state index >= 15 is 0 Å². The number of nitrogen functional groups attached to an aromatic ring is 1. The van der Waals surface area contributed by atoms with Gasteiger partial charge in [0.1, 0.15) is 0 Å². The number of hydrogen-bond donors (Lipinski definition) is 3. The molecule has 0 aliphatic heterocycles. The maximum absolute atomic E-state index is 5.96. The van der Waals surface area contributed by atoms with Crippen LogP contribution in [0.1, 0.15) is 11.3 Å². The molecule has 0 amide bonds. The molecule has 92 valence electrons. The molecule has 0 fully saturated rings. The van der Waals surface area contributed by atoms with Crippen LogP contribution in [0.3, 0.4) is 0 Å². The minimum absolute atomic E-state index is 0.0667. The maximum Gasteiger partial charge on any atom is 0.224 e. The van der Waals surface area contributed by atoms with Gasteiger partial charge in [0.25, 0.3) is 0 Å². The molecular formula is C10H10ClN6O+. The zero-order chi connectivity index (χ0) is 13.0. The molecule has 0 aliphatic carbocycles. The number of nitrogens with zero attached hydrogens (tertiary/aromatic N) is 3. The van der Waals surface area contributed by atoms with Crippen LogP contribution in [0.15, 0.2) is 34.0 Å². The quantitative estimate of drug-likeness (QED) is 0.379. The van der Waals surface area contributed by atoms with Gasteiger partial charge >= 0.3 is 0 Å². The molecule has 2 rings (SSSR count). The molecule has 1 aromatic carbocycles. The Hall–Kier alpha value is -2.41. The van der Waals surface area contributed by atoms with Crippen molar-refractivity contribution in [1.82, 2.24) is 10.3 Å². The van der Waals surface area contributed by atoms with E-state index in [2.05, 4.69) is 25.1 Å². The number of nitrogens with one attached hydrogen (secondary N) is 1. The summed E-state index contributed by atoms with van der Waals surface area (Å²) in [6.45, 7) is 0. The lowest BCUT2D eigenvalue weighted by atomic mass is 10.2. The summed E-state index contributed by atoms with van der Waals surface area (Å²) < 4.78 is 4.41. The fourth-order valence-corrected chi connectivity index (χ4v) is 1.38. The van der Waals surface area contributed by atoms with Gasteiger partial charge in [0.2, 0.25) is 12.1 Å². The van der Waals surface area contributed by atoms with Crippen LogP contribution in [0.2, 0.25) is 5.02 Å². The second-order valence-electron chi connectivity index (χ2n) is 3.29. The van der Waals surface area contributed by atoms with E-state index in [1.807, 2.05) is 18.2 Å². The fraction of sp³-hybridized carbons (Fsp3) is 0. The average molecular weight is 266 g/mol. The first-order chi connectivity index (χ1) is 8.68. The minimum Gasteiger partial charge on any atom is -0.379 e. The third-order valence-corrected chi connectivity index (χ3v) is 2.41. The predicted molar refractivity (Wildman–Crippen MR) is 67.0 cm³/mol. The molecule has 1 aromatic heterocycles. The summed E-state index contributed by atoms with van der Waals surface area (Å²) in [5.74, 6) is 0.146. The molecule has 0 atom stereocenters. The molecule has 5 N–H and O–H groups in total. The Kier molecular flexibility index (Phi) is 3.54. The number of halogens is 1. The number of hydrazone groups is 1. The van der Waals surface area contributed by atoms with E-state index in [1.165, 1.54) is 0 Å². The van der Waals surface area contributed by atoms with E-state index in [9.17, 15) is 0 Å². The maximum atomic E-state index is 5.96. The van der Waals surface area contributed by atoms with Crippen molar-refractivity contribution < 1.29 is 9.73 Å². The van der Waals surface area contributed by atoms with Gasteiger partial charge in [-0.3, -0.25) is 0 Å². The molecule has 0 unspecified atom stereocenters. The third-order valence-electron chi connectivity index (χ3n) is 2.07. The van der Waals surface area contributed by atoms with Gasteiger partial charge in [-0.25, -0.2) is 4.63 Å². The number of rotatable bonds is 3. The lowest BCUT2D eigenvalue weighted by molar-refractivity contribution is -0.456. The summed E-state index contributed by atoms with van der Waals surface area (Å²) in [6.07, 6.45) is 1.60. The third kappa shape index (κ3) is 2.64. The zero-order valence-electron chi connectivity index (χ0n) is 9.17. The van der Waals surface area contributed by atoms with Crippen molar-refractivity contribution in [2.45, 2.75) is 0 Å². The van der Waals surface area contributed by atoms with Crippen molar-refractivity contribution in [3.05, 3.63) is 40.5 Å². The van der Waals surface area contributed by atoms with Gasteiger partial charge in [-0.15, -0.1) is 5.10 Å². The molecule has 0 radical (unpaired) electrons. The van der Waals surface area contributed by atoms with Gasteiger partial charge in [0, 0.05) is 5.10 Å². The Morgan fingerprint density at radius 3 is 2.83 bits per heavy atom. The van der Waals surface area contributed by atoms with Gasteiger partial charge in [0.05, 0.1) is 10.6 Å². The van der Waals surface area contributed by atoms with Crippen LogP contribution < -0.4 is 16.6 Å². The number of amidine groups is 1. The molecule has 8 heteroatoms. The van der Waals surface area contributed by atoms with Gasteiger partial charge in [0.15, 0.2) is 11.5 Å². The molecule has 0 spiro atoms. The smallest absolute Gasteiger partial charge is 0.224 e. The summed E-state index contributed by atoms with van der Waals surface area (Å²) >= 11 is 5.96. The Labute approximate surface area is 107 Å². The van der Waals surface area contributed by atoms with E-state index in [1.54, 1.807) is 12.3 Å². The minimum atomic E-state index is 0.0667. The topological polar surface area (TPSA) is 117 Å². The lowest BCUT2D eigenvalue weighted by Gasteiger charge is -1.91. The monoisotopic (exact) mass is 265 g/mol. The highest BCUT2D eigenvalue weighted by molar-refractivity contribution is 6.32. The molecule has 0 aliphatic rings. The van der Waals surface area contributed by atoms with Crippen molar-refractivity contribution in [3.8, 4) is 0 Å². The average Bonchev–Trinajstić information content (AvgIpc) is 2.78. The Morgan fingerprint density at radius 1 is 1.39 bits per heavy atom. The highest BCUT2D eigenvalue weighted by Gasteiger charge is 2.11. The Balaban J connectivity index is 2.16. The van der Waals surface area contributed by atoms with Crippen LogP contribution in [0.4, 0.5) is 5.82 Å². The Bertz CT molecular complexity index is 606. The summed E-state index contributed by atoms with van der Waals surface area (Å²) in [5.41, 5.74) is 12.1. The zero-order valence-corrected chi connectivity index (χ0v) is 9.93. The van der Waals surface area contributed by atoms with E-state index in [-0.39, 0.29) is 17.3 Å². The molecule has 18 heavy (non-hydrogen) atoms. The molecule has 7 nitrogen and oxygen atoms in total. The van der Waals surface area contributed by atoms with Crippen LogP contribution in [-0.2, 0) is 0 Å². The van der Waals surface area contributed by atoms with Crippen molar-refractivity contribution in [2.75, 3.05) is 5.73 Å². The van der Waals surface area contributed by atoms with Gasteiger partial charge in [-0.1, -0.05) is 23.7 Å². The summed E-state index contributed by atoms with van der Waals surface area (Å²) in [4.78, 5) is 0. The summed E-state index contributed by atoms with van der Waals surface area (Å²) in [6, 6.07) is 7.28.